The Morgan fingerprint density at radius 1 is 1.03 bits per heavy atom. The quantitative estimate of drug-likeness (QED) is 0.326. The van der Waals surface area contributed by atoms with E-state index in [4.69, 9.17) is 9.47 Å². The van der Waals surface area contributed by atoms with Gasteiger partial charge in [-0.2, -0.15) is 12.6 Å². The van der Waals surface area contributed by atoms with Crippen LogP contribution in [0.4, 0.5) is 10.5 Å². The van der Waals surface area contributed by atoms with E-state index in [-0.39, 0.29) is 24.0 Å². The second-order valence-electron chi connectivity index (χ2n) is 7.21. The van der Waals surface area contributed by atoms with E-state index in [0.29, 0.717) is 12.1 Å². The van der Waals surface area contributed by atoms with Crippen molar-refractivity contribution in [2.24, 2.45) is 5.92 Å². The standard InChI is InChI=1S/C24H25NO5S/c1-16(13-14-29-22(27)15-31)23(18-9-11-19(26)12-10-18)30-24(28)25-21-8-4-6-17-5-2-3-7-20(17)21/h2-12,16,23,26,31H,13-15H2,1H3,(H,25,28)/t16-,23-/m1/s1. The number of fused-ring (bicyclic) bond motifs is 1. The fourth-order valence-electron chi connectivity index (χ4n) is 3.32. The van der Waals surface area contributed by atoms with Gasteiger partial charge in [-0.3, -0.25) is 10.1 Å². The lowest BCUT2D eigenvalue weighted by Crippen LogP contribution is -2.23. The number of carbonyl (C=O) groups excluding carboxylic acids is 2. The van der Waals surface area contributed by atoms with Crippen molar-refractivity contribution in [1.29, 1.82) is 0 Å². The summed E-state index contributed by atoms with van der Waals surface area (Å²) in [7, 11) is 0. The van der Waals surface area contributed by atoms with Crippen molar-refractivity contribution in [2.75, 3.05) is 17.7 Å². The van der Waals surface area contributed by atoms with E-state index in [1.807, 2.05) is 49.4 Å². The Balaban J connectivity index is 1.74. The third-order valence-electron chi connectivity index (χ3n) is 4.96. The smallest absolute Gasteiger partial charge is 0.412 e. The Labute approximate surface area is 186 Å². The summed E-state index contributed by atoms with van der Waals surface area (Å²) < 4.78 is 10.9. The number of phenolic OH excluding ortho intramolecular Hbond substituents is 1. The number of esters is 1. The van der Waals surface area contributed by atoms with Crippen LogP contribution in [-0.4, -0.2) is 29.5 Å². The molecule has 0 radical (unpaired) electrons. The number of thiol groups is 1. The molecule has 0 aliphatic heterocycles. The van der Waals surface area contributed by atoms with Crippen LogP contribution in [0.5, 0.6) is 5.75 Å². The second kappa shape index (κ2) is 10.7. The van der Waals surface area contributed by atoms with Gasteiger partial charge in [0.1, 0.15) is 11.9 Å². The van der Waals surface area contributed by atoms with Crippen LogP contribution in [0.3, 0.4) is 0 Å². The van der Waals surface area contributed by atoms with Crippen LogP contribution in [0.15, 0.2) is 66.7 Å². The molecule has 0 aliphatic carbocycles. The summed E-state index contributed by atoms with van der Waals surface area (Å²) in [6, 6.07) is 19.9. The van der Waals surface area contributed by atoms with Gasteiger partial charge in [0.25, 0.3) is 0 Å². The molecule has 0 bridgehead atoms. The third-order valence-corrected chi connectivity index (χ3v) is 5.22. The number of benzene rings is 3. The normalized spacial score (nSPS) is 12.7. The molecule has 0 heterocycles. The number of aromatic hydroxyl groups is 1. The van der Waals surface area contributed by atoms with Gasteiger partial charge < -0.3 is 14.6 Å². The van der Waals surface area contributed by atoms with Crippen LogP contribution in [0, 0.1) is 5.92 Å². The SMILES string of the molecule is C[C@H](CCOC(=O)CS)[C@@H](OC(=O)Nc1cccc2ccccc12)c1ccc(O)cc1. The fourth-order valence-corrected chi connectivity index (χ4v) is 3.41. The van der Waals surface area contributed by atoms with Crippen molar-refractivity contribution in [3.05, 3.63) is 72.3 Å². The first-order chi connectivity index (χ1) is 15.0. The molecule has 2 N–H and O–H groups in total. The van der Waals surface area contributed by atoms with Gasteiger partial charge in [0.15, 0.2) is 0 Å². The maximum atomic E-state index is 12.8. The summed E-state index contributed by atoms with van der Waals surface area (Å²) in [5, 5.41) is 14.3. The minimum absolute atomic E-state index is 0.0136. The van der Waals surface area contributed by atoms with Gasteiger partial charge in [-0.25, -0.2) is 4.79 Å². The van der Waals surface area contributed by atoms with Crippen LogP contribution < -0.4 is 5.32 Å². The third kappa shape index (κ3) is 6.15. The maximum Gasteiger partial charge on any atom is 0.412 e. The molecule has 0 spiro atoms. The molecule has 3 aromatic carbocycles. The van der Waals surface area contributed by atoms with E-state index in [0.717, 1.165) is 16.3 Å². The van der Waals surface area contributed by atoms with E-state index in [1.165, 1.54) is 0 Å². The minimum Gasteiger partial charge on any atom is -0.508 e. The number of nitrogens with one attached hydrogen (secondary N) is 1. The first-order valence-corrected chi connectivity index (χ1v) is 10.6. The summed E-state index contributed by atoms with van der Waals surface area (Å²) in [4.78, 5) is 24.1. The van der Waals surface area contributed by atoms with Gasteiger partial charge in [0.2, 0.25) is 0 Å². The number of carbonyl (C=O) groups is 2. The van der Waals surface area contributed by atoms with Crippen LogP contribution in [0.1, 0.15) is 25.0 Å². The van der Waals surface area contributed by atoms with Gasteiger partial charge in [-0.05, 0) is 35.6 Å². The summed E-state index contributed by atoms with van der Waals surface area (Å²) in [5.74, 6) is -0.403. The highest BCUT2D eigenvalue weighted by Crippen LogP contribution is 2.31. The molecule has 0 unspecified atom stereocenters. The van der Waals surface area contributed by atoms with E-state index in [2.05, 4.69) is 17.9 Å². The van der Waals surface area contributed by atoms with Gasteiger partial charge in [-0.15, -0.1) is 0 Å². The molecule has 3 aromatic rings. The molecule has 0 saturated heterocycles. The van der Waals surface area contributed by atoms with Crippen LogP contribution >= 0.6 is 12.6 Å². The van der Waals surface area contributed by atoms with E-state index < -0.39 is 18.2 Å². The zero-order valence-electron chi connectivity index (χ0n) is 17.2. The van der Waals surface area contributed by atoms with E-state index in [9.17, 15) is 14.7 Å². The summed E-state index contributed by atoms with van der Waals surface area (Å²) in [6.45, 7) is 2.11. The summed E-state index contributed by atoms with van der Waals surface area (Å²) >= 11 is 3.89. The Hall–Kier alpha value is -3.19. The lowest BCUT2D eigenvalue weighted by molar-refractivity contribution is -0.141. The molecule has 31 heavy (non-hydrogen) atoms. The van der Waals surface area contributed by atoms with Gasteiger partial charge in [0, 0.05) is 11.3 Å². The molecule has 3 rings (SSSR count). The highest BCUT2D eigenvalue weighted by Gasteiger charge is 2.24. The van der Waals surface area contributed by atoms with Crippen LogP contribution in [-0.2, 0) is 14.3 Å². The average Bonchev–Trinajstić information content (AvgIpc) is 2.78. The van der Waals surface area contributed by atoms with Crippen molar-refractivity contribution in [3.63, 3.8) is 0 Å². The molecule has 6 nitrogen and oxygen atoms in total. The van der Waals surface area contributed by atoms with Crippen molar-refractivity contribution < 1.29 is 24.2 Å². The highest BCUT2D eigenvalue weighted by molar-refractivity contribution is 7.81. The van der Waals surface area contributed by atoms with Gasteiger partial charge in [0.05, 0.1) is 18.0 Å². The zero-order chi connectivity index (χ0) is 22.2. The number of ether oxygens (including phenoxy) is 2. The van der Waals surface area contributed by atoms with Crippen molar-refractivity contribution in [1.82, 2.24) is 0 Å². The topological polar surface area (TPSA) is 84.9 Å². The van der Waals surface area contributed by atoms with Crippen molar-refractivity contribution >= 4 is 41.2 Å². The lowest BCUT2D eigenvalue weighted by Gasteiger charge is -2.25. The van der Waals surface area contributed by atoms with Crippen LogP contribution in [0.25, 0.3) is 10.8 Å². The molecule has 2 atom stereocenters. The highest BCUT2D eigenvalue weighted by atomic mass is 32.1. The van der Waals surface area contributed by atoms with E-state index >= 15 is 0 Å². The zero-order valence-corrected chi connectivity index (χ0v) is 18.0. The number of hydrogen-bond acceptors (Lipinski definition) is 6. The Kier molecular flexibility index (Phi) is 7.78. The maximum absolute atomic E-state index is 12.8. The molecule has 1 amide bonds. The lowest BCUT2D eigenvalue weighted by atomic mass is 9.94. The Morgan fingerprint density at radius 3 is 2.48 bits per heavy atom. The van der Waals surface area contributed by atoms with Crippen molar-refractivity contribution in [2.45, 2.75) is 19.4 Å². The summed E-state index contributed by atoms with van der Waals surface area (Å²) in [5.41, 5.74) is 1.39. The largest absolute Gasteiger partial charge is 0.508 e. The molecular formula is C24H25NO5S. The predicted molar refractivity (Wildman–Crippen MR) is 123 cm³/mol. The Bertz CT molecular complexity index is 1030. The minimum atomic E-state index is -0.592. The predicted octanol–water partition coefficient (Wildman–Crippen LogP) is 5.33. The number of hydrogen-bond donors (Lipinski definition) is 3. The number of anilines is 1. The van der Waals surface area contributed by atoms with E-state index in [1.54, 1.807) is 24.3 Å². The molecule has 7 heteroatoms. The monoisotopic (exact) mass is 439 g/mol. The van der Waals surface area contributed by atoms with Crippen molar-refractivity contribution in [3.8, 4) is 5.75 Å². The van der Waals surface area contributed by atoms with Gasteiger partial charge in [-0.1, -0.05) is 55.5 Å². The molecule has 0 fully saturated rings. The molecule has 0 saturated carbocycles. The molecule has 0 aliphatic rings. The molecule has 162 valence electrons. The summed E-state index contributed by atoms with van der Waals surface area (Å²) in [6.07, 6.45) is -0.689. The number of phenols is 1. The number of rotatable bonds is 8. The molecular weight excluding hydrogens is 414 g/mol. The fraction of sp³-hybridized carbons (Fsp3) is 0.250. The van der Waals surface area contributed by atoms with Crippen LogP contribution in [0.2, 0.25) is 0 Å². The number of amides is 1. The first kappa shape index (κ1) is 22.5. The Morgan fingerprint density at radius 2 is 1.74 bits per heavy atom. The molecule has 0 aromatic heterocycles. The van der Waals surface area contributed by atoms with Gasteiger partial charge >= 0.3 is 12.1 Å². The average molecular weight is 440 g/mol. The second-order valence-corrected chi connectivity index (χ2v) is 7.53. The first-order valence-electron chi connectivity index (χ1n) is 9.98.